The second-order valence-corrected chi connectivity index (χ2v) is 4.25. The molecule has 0 heterocycles. The Morgan fingerprint density at radius 1 is 1.50 bits per heavy atom. The topological polar surface area (TPSA) is 29.5 Å². The van der Waals surface area contributed by atoms with E-state index < -0.39 is 0 Å². The number of ether oxygens (including phenoxy) is 1. The molecule has 1 amide bonds. The van der Waals surface area contributed by atoms with Gasteiger partial charge in [-0.05, 0) is 19.8 Å². The van der Waals surface area contributed by atoms with Crippen molar-refractivity contribution < 1.29 is 9.53 Å². The van der Waals surface area contributed by atoms with E-state index >= 15 is 0 Å². The summed E-state index contributed by atoms with van der Waals surface area (Å²) in [5.74, 6) is 0.204. The van der Waals surface area contributed by atoms with Crippen molar-refractivity contribution in [2.24, 2.45) is 0 Å². The van der Waals surface area contributed by atoms with Gasteiger partial charge in [-0.3, -0.25) is 4.79 Å². The fraction of sp³-hybridized carbons (Fsp3) is 0.900. The quantitative estimate of drug-likeness (QED) is 0.521. The Morgan fingerprint density at radius 2 is 2.14 bits per heavy atom. The lowest BCUT2D eigenvalue weighted by Gasteiger charge is -2.24. The Hall–Kier alpha value is -0.0900. The van der Waals surface area contributed by atoms with Crippen LogP contribution < -0.4 is 0 Å². The molecule has 14 heavy (non-hydrogen) atoms. The van der Waals surface area contributed by atoms with Crippen molar-refractivity contribution in [3.8, 4) is 0 Å². The number of nitrogens with zero attached hydrogens (tertiary/aromatic N) is 1. The van der Waals surface area contributed by atoms with Crippen LogP contribution in [0.2, 0.25) is 0 Å². The summed E-state index contributed by atoms with van der Waals surface area (Å²) < 4.78 is 5.00. The van der Waals surface area contributed by atoms with Gasteiger partial charge < -0.3 is 9.64 Å². The first-order valence-electron chi connectivity index (χ1n) is 4.94. The molecule has 0 spiro atoms. The van der Waals surface area contributed by atoms with E-state index in [1.165, 1.54) is 0 Å². The first-order chi connectivity index (χ1) is 6.63. The number of halogens is 1. The predicted octanol–water partition coefficient (Wildman–Crippen LogP) is 2.04. The molecule has 1 atom stereocenters. The molecule has 0 aromatic heterocycles. The van der Waals surface area contributed by atoms with Crippen molar-refractivity contribution in [3.63, 3.8) is 0 Å². The number of amides is 1. The highest BCUT2D eigenvalue weighted by molar-refractivity contribution is 9.09. The monoisotopic (exact) mass is 265 g/mol. The minimum atomic E-state index is 0.163. The van der Waals surface area contributed by atoms with Gasteiger partial charge in [-0.1, -0.05) is 15.9 Å². The second kappa shape index (κ2) is 8.24. The van der Waals surface area contributed by atoms with Crippen molar-refractivity contribution in [1.29, 1.82) is 0 Å². The van der Waals surface area contributed by atoms with Gasteiger partial charge >= 0.3 is 0 Å². The van der Waals surface area contributed by atoms with Gasteiger partial charge in [0.15, 0.2) is 0 Å². The van der Waals surface area contributed by atoms with Crippen molar-refractivity contribution in [1.82, 2.24) is 4.90 Å². The molecule has 0 aromatic carbocycles. The maximum Gasteiger partial charge on any atom is 0.222 e. The average molecular weight is 266 g/mol. The molecule has 0 aliphatic carbocycles. The van der Waals surface area contributed by atoms with Gasteiger partial charge in [-0.25, -0.2) is 0 Å². The van der Waals surface area contributed by atoms with Gasteiger partial charge in [0.05, 0.1) is 12.6 Å². The molecular formula is C10H20BrNO2. The molecule has 3 nitrogen and oxygen atoms in total. The molecule has 0 saturated carbocycles. The normalized spacial score (nSPS) is 12.6. The maximum absolute atomic E-state index is 11.6. The molecule has 0 rings (SSSR count). The third-order valence-electron chi connectivity index (χ3n) is 2.24. The predicted molar refractivity (Wildman–Crippen MR) is 61.8 cm³/mol. The minimum Gasteiger partial charge on any atom is -0.383 e. The summed E-state index contributed by atoms with van der Waals surface area (Å²) in [5, 5.41) is 0.970. The zero-order valence-corrected chi connectivity index (χ0v) is 10.8. The van der Waals surface area contributed by atoms with Gasteiger partial charge in [0.25, 0.3) is 0 Å². The molecule has 0 aromatic rings. The van der Waals surface area contributed by atoms with Crippen LogP contribution in [-0.4, -0.2) is 42.9 Å². The van der Waals surface area contributed by atoms with Gasteiger partial charge in [0, 0.05) is 25.9 Å². The number of likely N-dealkylation sites (N-methyl/N-ethyl adjacent to an activating group) is 1. The number of hydrogen-bond donors (Lipinski definition) is 0. The highest BCUT2D eigenvalue weighted by Gasteiger charge is 2.14. The summed E-state index contributed by atoms with van der Waals surface area (Å²) >= 11 is 3.35. The van der Waals surface area contributed by atoms with E-state index in [4.69, 9.17) is 4.74 Å². The number of methoxy groups -OCH3 is 1. The maximum atomic E-state index is 11.6. The van der Waals surface area contributed by atoms with E-state index in [0.717, 1.165) is 18.2 Å². The second-order valence-electron chi connectivity index (χ2n) is 3.46. The first kappa shape index (κ1) is 13.9. The highest BCUT2D eigenvalue weighted by atomic mass is 79.9. The van der Waals surface area contributed by atoms with Crippen LogP contribution in [0, 0.1) is 0 Å². The lowest BCUT2D eigenvalue weighted by atomic mass is 10.2. The van der Waals surface area contributed by atoms with E-state index in [1.807, 2.05) is 14.0 Å². The number of rotatable bonds is 7. The molecule has 84 valence electrons. The molecule has 1 unspecified atom stereocenters. The van der Waals surface area contributed by atoms with E-state index in [2.05, 4.69) is 15.9 Å². The number of unbranched alkanes of at least 4 members (excludes halogenated alkanes) is 1. The van der Waals surface area contributed by atoms with Crippen molar-refractivity contribution in [2.45, 2.75) is 32.2 Å². The molecule has 4 heteroatoms. The number of carbonyl (C=O) groups excluding carboxylic acids is 1. The molecule has 0 radical (unpaired) electrons. The van der Waals surface area contributed by atoms with Crippen molar-refractivity contribution >= 4 is 21.8 Å². The number of hydrogen-bond acceptors (Lipinski definition) is 2. The fourth-order valence-electron chi connectivity index (χ4n) is 1.15. The van der Waals surface area contributed by atoms with Crippen LogP contribution >= 0.6 is 15.9 Å². The first-order valence-corrected chi connectivity index (χ1v) is 6.06. The van der Waals surface area contributed by atoms with E-state index in [1.54, 1.807) is 12.0 Å². The summed E-state index contributed by atoms with van der Waals surface area (Å²) in [4.78, 5) is 13.4. The SMILES string of the molecule is COCC(C)N(C)C(=O)CCCCBr. The summed E-state index contributed by atoms with van der Waals surface area (Å²) in [7, 11) is 3.49. The Kier molecular flexibility index (Phi) is 8.18. The fourth-order valence-corrected chi connectivity index (χ4v) is 1.54. The lowest BCUT2D eigenvalue weighted by molar-refractivity contribution is -0.132. The molecule has 0 aliphatic heterocycles. The molecular weight excluding hydrogens is 246 g/mol. The van der Waals surface area contributed by atoms with Crippen LogP contribution in [-0.2, 0) is 9.53 Å². The molecule has 0 fully saturated rings. The largest absolute Gasteiger partial charge is 0.383 e. The highest BCUT2D eigenvalue weighted by Crippen LogP contribution is 2.04. The summed E-state index contributed by atoms with van der Waals surface area (Å²) in [6.07, 6.45) is 2.64. The van der Waals surface area contributed by atoms with Gasteiger partial charge in [-0.15, -0.1) is 0 Å². The minimum absolute atomic E-state index is 0.163. The van der Waals surface area contributed by atoms with Gasteiger partial charge in [0.2, 0.25) is 5.91 Å². The molecule has 0 N–H and O–H groups in total. The molecule has 0 bridgehead atoms. The zero-order valence-electron chi connectivity index (χ0n) is 9.25. The van der Waals surface area contributed by atoms with Crippen molar-refractivity contribution in [3.05, 3.63) is 0 Å². The summed E-state index contributed by atoms with van der Waals surface area (Å²) in [5.41, 5.74) is 0. The molecule has 0 saturated heterocycles. The average Bonchev–Trinajstić information content (AvgIpc) is 2.17. The van der Waals surface area contributed by atoms with E-state index in [0.29, 0.717) is 13.0 Å². The molecule has 0 aliphatic rings. The number of carbonyl (C=O) groups is 1. The van der Waals surface area contributed by atoms with E-state index in [-0.39, 0.29) is 11.9 Å². The Morgan fingerprint density at radius 3 is 2.64 bits per heavy atom. The van der Waals surface area contributed by atoms with Gasteiger partial charge in [-0.2, -0.15) is 0 Å². The summed E-state index contributed by atoms with van der Waals surface area (Å²) in [6, 6.07) is 0.163. The third kappa shape index (κ3) is 5.60. The van der Waals surface area contributed by atoms with Crippen LogP contribution in [0.1, 0.15) is 26.2 Å². The van der Waals surface area contributed by atoms with Gasteiger partial charge in [0.1, 0.15) is 0 Å². The Balaban J connectivity index is 3.74. The third-order valence-corrected chi connectivity index (χ3v) is 2.80. The van der Waals surface area contributed by atoms with E-state index in [9.17, 15) is 4.79 Å². The van der Waals surface area contributed by atoms with Crippen LogP contribution in [0.25, 0.3) is 0 Å². The summed E-state index contributed by atoms with van der Waals surface area (Å²) in [6.45, 7) is 2.59. The lowest BCUT2D eigenvalue weighted by Crippen LogP contribution is -2.37. The van der Waals surface area contributed by atoms with Crippen LogP contribution in [0.5, 0.6) is 0 Å². The van der Waals surface area contributed by atoms with Crippen LogP contribution in [0.15, 0.2) is 0 Å². The number of alkyl halides is 1. The smallest absolute Gasteiger partial charge is 0.222 e. The van der Waals surface area contributed by atoms with Crippen LogP contribution in [0.3, 0.4) is 0 Å². The zero-order chi connectivity index (χ0) is 11.0. The Labute approximate surface area is 94.9 Å². The van der Waals surface area contributed by atoms with Crippen LogP contribution in [0.4, 0.5) is 0 Å². The standard InChI is InChI=1S/C10H20BrNO2/c1-9(8-14-3)12(2)10(13)6-4-5-7-11/h9H,4-8H2,1-3H3. The van der Waals surface area contributed by atoms with Crippen molar-refractivity contribution in [2.75, 3.05) is 26.1 Å². The Bertz CT molecular complexity index is 164.